The highest BCUT2D eigenvalue weighted by atomic mass is 35.5. The summed E-state index contributed by atoms with van der Waals surface area (Å²) in [5, 5.41) is 0.635. The molecule has 0 unspecified atom stereocenters. The minimum Gasteiger partial charge on any atom is -0.337 e. The Morgan fingerprint density at radius 3 is 2.69 bits per heavy atom. The summed E-state index contributed by atoms with van der Waals surface area (Å²) in [5.41, 5.74) is 0.239. The van der Waals surface area contributed by atoms with E-state index in [1.165, 1.54) is 6.42 Å². The van der Waals surface area contributed by atoms with Gasteiger partial charge in [-0.05, 0) is 31.4 Å². The van der Waals surface area contributed by atoms with Gasteiger partial charge in [-0.3, -0.25) is 4.79 Å². The van der Waals surface area contributed by atoms with Gasteiger partial charge in [-0.15, -0.1) is 0 Å². The number of aromatic nitrogens is 1. The number of nitrogens with zero attached hydrogens (tertiary/aromatic N) is 2. The van der Waals surface area contributed by atoms with E-state index in [0.717, 1.165) is 12.8 Å². The minimum absolute atomic E-state index is 0.155. The van der Waals surface area contributed by atoms with Crippen LogP contribution in [0.15, 0.2) is 12.1 Å². The van der Waals surface area contributed by atoms with Crippen LogP contribution in [0.5, 0.6) is 0 Å². The van der Waals surface area contributed by atoms with Crippen molar-refractivity contribution < 1.29 is 4.79 Å². The molecule has 1 fully saturated rings. The van der Waals surface area contributed by atoms with Crippen molar-refractivity contribution in [3.8, 4) is 0 Å². The molecule has 1 aromatic heterocycles. The fourth-order valence-corrected chi connectivity index (χ4v) is 2.01. The van der Waals surface area contributed by atoms with Crippen LogP contribution in [-0.4, -0.2) is 28.9 Å². The van der Waals surface area contributed by atoms with Crippen molar-refractivity contribution in [1.29, 1.82) is 0 Å². The average molecular weight is 259 g/mol. The Morgan fingerprint density at radius 2 is 2.12 bits per heavy atom. The lowest BCUT2D eigenvalue weighted by Crippen LogP contribution is -2.41. The summed E-state index contributed by atoms with van der Waals surface area (Å²) >= 11 is 11.7. The van der Waals surface area contributed by atoms with E-state index in [0.29, 0.717) is 11.1 Å². The van der Waals surface area contributed by atoms with E-state index < -0.39 is 0 Å². The van der Waals surface area contributed by atoms with E-state index in [4.69, 9.17) is 23.2 Å². The van der Waals surface area contributed by atoms with Crippen LogP contribution in [0.2, 0.25) is 10.2 Å². The second kappa shape index (κ2) is 4.60. The molecule has 5 heteroatoms. The Labute approximate surface area is 104 Å². The maximum Gasteiger partial charge on any atom is 0.274 e. The molecule has 1 aliphatic carbocycles. The maximum atomic E-state index is 12.1. The molecule has 1 aliphatic rings. The van der Waals surface area contributed by atoms with Crippen molar-refractivity contribution in [2.75, 3.05) is 7.05 Å². The smallest absolute Gasteiger partial charge is 0.274 e. The first-order valence-corrected chi connectivity index (χ1v) is 5.94. The summed E-state index contributed by atoms with van der Waals surface area (Å²) in [5.74, 6) is -0.155. The van der Waals surface area contributed by atoms with Gasteiger partial charge in [-0.25, -0.2) is 4.98 Å². The number of rotatable bonds is 2. The topological polar surface area (TPSA) is 33.2 Å². The van der Waals surface area contributed by atoms with Gasteiger partial charge in [0.15, 0.2) is 0 Å². The minimum atomic E-state index is -0.155. The maximum absolute atomic E-state index is 12.1. The van der Waals surface area contributed by atoms with Gasteiger partial charge in [0.2, 0.25) is 0 Å². The zero-order chi connectivity index (χ0) is 11.7. The van der Waals surface area contributed by atoms with Gasteiger partial charge in [-0.1, -0.05) is 23.2 Å². The van der Waals surface area contributed by atoms with E-state index in [1.54, 1.807) is 24.1 Å². The van der Waals surface area contributed by atoms with Gasteiger partial charge in [0.1, 0.15) is 10.8 Å². The first kappa shape index (κ1) is 11.7. The van der Waals surface area contributed by atoms with E-state index in [2.05, 4.69) is 4.98 Å². The lowest BCUT2D eigenvalue weighted by atomic mass is 9.92. The monoisotopic (exact) mass is 258 g/mol. The standard InChI is InChI=1S/C11H12Cl2N2O/c1-15(7-3-2-4-7)11(16)10-8(12)5-6-9(13)14-10/h5-7H,2-4H2,1H3. The summed E-state index contributed by atoms with van der Waals surface area (Å²) < 4.78 is 0. The molecule has 1 heterocycles. The van der Waals surface area contributed by atoms with Crippen molar-refractivity contribution in [2.45, 2.75) is 25.3 Å². The van der Waals surface area contributed by atoms with Crippen LogP contribution in [0.3, 0.4) is 0 Å². The quantitative estimate of drug-likeness (QED) is 0.765. The zero-order valence-electron chi connectivity index (χ0n) is 8.91. The molecule has 0 aromatic carbocycles. The fraction of sp³-hybridized carbons (Fsp3) is 0.455. The highest BCUT2D eigenvalue weighted by Crippen LogP contribution is 2.26. The van der Waals surface area contributed by atoms with Crippen LogP contribution in [0, 0.1) is 0 Å². The number of amides is 1. The number of carbonyl (C=O) groups is 1. The Hall–Kier alpha value is -0.800. The number of hydrogen-bond acceptors (Lipinski definition) is 2. The molecule has 0 atom stereocenters. The predicted octanol–water partition coefficient (Wildman–Crippen LogP) is 3.01. The lowest BCUT2D eigenvalue weighted by Gasteiger charge is -2.34. The van der Waals surface area contributed by atoms with Crippen molar-refractivity contribution >= 4 is 29.1 Å². The first-order chi connectivity index (χ1) is 7.59. The Balaban J connectivity index is 2.22. The molecule has 3 nitrogen and oxygen atoms in total. The van der Waals surface area contributed by atoms with Crippen molar-refractivity contribution in [3.05, 3.63) is 28.0 Å². The van der Waals surface area contributed by atoms with Crippen LogP contribution in [0.1, 0.15) is 29.8 Å². The zero-order valence-corrected chi connectivity index (χ0v) is 10.4. The third kappa shape index (κ3) is 2.15. The van der Waals surface area contributed by atoms with Crippen molar-refractivity contribution in [2.24, 2.45) is 0 Å². The van der Waals surface area contributed by atoms with Crippen LogP contribution in [0.4, 0.5) is 0 Å². The molecule has 0 aliphatic heterocycles. The fourth-order valence-electron chi connectivity index (χ4n) is 1.68. The van der Waals surface area contributed by atoms with E-state index in [-0.39, 0.29) is 16.8 Å². The van der Waals surface area contributed by atoms with E-state index >= 15 is 0 Å². The summed E-state index contributed by atoms with van der Waals surface area (Å²) in [4.78, 5) is 17.8. The Bertz CT molecular complexity index is 418. The number of hydrogen-bond donors (Lipinski definition) is 0. The summed E-state index contributed by atoms with van der Waals surface area (Å²) in [6.07, 6.45) is 3.29. The molecule has 1 aromatic rings. The van der Waals surface area contributed by atoms with Crippen molar-refractivity contribution in [3.63, 3.8) is 0 Å². The van der Waals surface area contributed by atoms with Gasteiger partial charge in [0.25, 0.3) is 5.91 Å². The van der Waals surface area contributed by atoms with Crippen LogP contribution in [0.25, 0.3) is 0 Å². The molecule has 86 valence electrons. The molecule has 16 heavy (non-hydrogen) atoms. The molecule has 0 N–H and O–H groups in total. The highest BCUT2D eigenvalue weighted by Gasteiger charge is 2.28. The van der Waals surface area contributed by atoms with Crippen LogP contribution in [-0.2, 0) is 0 Å². The summed E-state index contributed by atoms with van der Waals surface area (Å²) in [6.45, 7) is 0. The van der Waals surface area contributed by atoms with Gasteiger partial charge in [0, 0.05) is 13.1 Å². The largest absolute Gasteiger partial charge is 0.337 e. The summed E-state index contributed by atoms with van der Waals surface area (Å²) in [6, 6.07) is 3.49. The Morgan fingerprint density at radius 1 is 1.44 bits per heavy atom. The molecule has 0 spiro atoms. The van der Waals surface area contributed by atoms with Crippen LogP contribution >= 0.6 is 23.2 Å². The molecule has 1 saturated carbocycles. The van der Waals surface area contributed by atoms with Gasteiger partial charge in [-0.2, -0.15) is 0 Å². The predicted molar refractivity (Wildman–Crippen MR) is 64.0 cm³/mol. The summed E-state index contributed by atoms with van der Waals surface area (Å²) in [7, 11) is 1.78. The van der Waals surface area contributed by atoms with E-state index in [9.17, 15) is 4.79 Å². The second-order valence-corrected chi connectivity index (χ2v) is 4.76. The molecule has 1 amide bonds. The third-order valence-corrected chi connectivity index (χ3v) is 3.47. The molecule has 0 radical (unpaired) electrons. The first-order valence-electron chi connectivity index (χ1n) is 5.19. The second-order valence-electron chi connectivity index (χ2n) is 3.97. The number of carbonyl (C=O) groups excluding carboxylic acids is 1. The molecule has 2 rings (SSSR count). The third-order valence-electron chi connectivity index (χ3n) is 2.96. The number of pyridine rings is 1. The normalized spacial score (nSPS) is 15.7. The van der Waals surface area contributed by atoms with Gasteiger partial charge >= 0.3 is 0 Å². The SMILES string of the molecule is CN(C(=O)c1nc(Cl)ccc1Cl)C1CCC1. The van der Waals surface area contributed by atoms with E-state index in [1.807, 2.05) is 0 Å². The molecular formula is C11H12Cl2N2O. The number of halogens is 2. The van der Waals surface area contributed by atoms with Crippen LogP contribution < -0.4 is 0 Å². The van der Waals surface area contributed by atoms with Gasteiger partial charge in [0.05, 0.1) is 5.02 Å². The lowest BCUT2D eigenvalue weighted by molar-refractivity contribution is 0.0646. The highest BCUT2D eigenvalue weighted by molar-refractivity contribution is 6.34. The van der Waals surface area contributed by atoms with Crippen molar-refractivity contribution in [1.82, 2.24) is 9.88 Å². The molecule has 0 saturated heterocycles. The molecule has 0 bridgehead atoms. The Kier molecular flexibility index (Phi) is 3.36. The molecular weight excluding hydrogens is 247 g/mol. The average Bonchev–Trinajstić information content (AvgIpc) is 2.18. The van der Waals surface area contributed by atoms with Gasteiger partial charge < -0.3 is 4.90 Å².